The third-order valence-corrected chi connectivity index (χ3v) is 13.1. The summed E-state index contributed by atoms with van der Waals surface area (Å²) in [6.45, 7) is 13.2. The fraction of sp³-hybridized carbons (Fsp3) is 0.667. The van der Waals surface area contributed by atoms with Crippen LogP contribution >= 0.6 is 0 Å². The number of carbonyl (C=O) groups is 1. The molecular weight excluding hydrogens is 432 g/mol. The molecule has 1 aromatic rings. The summed E-state index contributed by atoms with van der Waals surface area (Å²) in [5, 5.41) is 0. The Balaban J connectivity index is 2.41. The van der Waals surface area contributed by atoms with Crippen molar-refractivity contribution in [1.29, 1.82) is 0 Å². The third-order valence-electron chi connectivity index (χ3n) is 8.50. The van der Waals surface area contributed by atoms with Gasteiger partial charge in [-0.05, 0) is 53.2 Å². The molecule has 0 heterocycles. The van der Waals surface area contributed by atoms with Crippen LogP contribution in [0.15, 0.2) is 29.3 Å². The van der Waals surface area contributed by atoms with Crippen molar-refractivity contribution in [2.75, 3.05) is 21.3 Å². The maximum Gasteiger partial charge on any atom is 0.192 e. The van der Waals surface area contributed by atoms with Crippen LogP contribution in [0.25, 0.3) is 0 Å². The van der Waals surface area contributed by atoms with Crippen molar-refractivity contribution >= 4 is 14.1 Å². The van der Waals surface area contributed by atoms with Gasteiger partial charge in [-0.2, -0.15) is 0 Å². The van der Waals surface area contributed by atoms with Crippen molar-refractivity contribution in [2.45, 2.75) is 84.4 Å². The van der Waals surface area contributed by atoms with Crippen LogP contribution in [0.5, 0.6) is 5.75 Å². The van der Waals surface area contributed by atoms with Gasteiger partial charge in [0.15, 0.2) is 14.1 Å². The molecule has 3 rings (SSSR count). The summed E-state index contributed by atoms with van der Waals surface area (Å²) in [6, 6.07) is 9.23. The summed E-state index contributed by atoms with van der Waals surface area (Å²) in [4.78, 5) is 13.4. The van der Waals surface area contributed by atoms with E-state index in [0.29, 0.717) is 6.42 Å². The van der Waals surface area contributed by atoms with Crippen LogP contribution in [0.2, 0.25) is 18.1 Å². The highest BCUT2D eigenvalue weighted by Crippen LogP contribution is 2.58. The lowest BCUT2D eigenvalue weighted by Crippen LogP contribution is -2.49. The molecule has 4 atom stereocenters. The number of rotatable bonds is 8. The lowest BCUT2D eigenvalue weighted by molar-refractivity contribution is -0.122. The zero-order valence-electron chi connectivity index (χ0n) is 21.9. The van der Waals surface area contributed by atoms with E-state index >= 15 is 0 Å². The van der Waals surface area contributed by atoms with Gasteiger partial charge < -0.3 is 18.6 Å². The van der Waals surface area contributed by atoms with E-state index in [-0.39, 0.29) is 35.4 Å². The molecule has 1 aromatic carbocycles. The van der Waals surface area contributed by atoms with Gasteiger partial charge in [-0.1, -0.05) is 46.8 Å². The highest BCUT2D eigenvalue weighted by Gasteiger charge is 2.53. The smallest absolute Gasteiger partial charge is 0.192 e. The van der Waals surface area contributed by atoms with Crippen molar-refractivity contribution in [2.24, 2.45) is 11.3 Å². The number of fused-ring (bicyclic) bond motifs is 3. The Hall–Kier alpha value is -1.47. The molecule has 0 aliphatic heterocycles. The number of carbonyl (C=O) groups excluding carboxylic acids is 1. The van der Waals surface area contributed by atoms with Gasteiger partial charge in [0, 0.05) is 32.1 Å². The van der Waals surface area contributed by atoms with Crippen LogP contribution in [0.1, 0.15) is 71.3 Å². The largest absolute Gasteiger partial charge is 0.496 e. The Bertz CT molecular complexity index is 894. The third kappa shape index (κ3) is 4.24. The van der Waals surface area contributed by atoms with Crippen molar-refractivity contribution < 1.29 is 23.4 Å². The van der Waals surface area contributed by atoms with Gasteiger partial charge in [0.05, 0.1) is 13.2 Å². The Morgan fingerprint density at radius 3 is 2.09 bits per heavy atom. The van der Waals surface area contributed by atoms with Gasteiger partial charge in [-0.3, -0.25) is 4.79 Å². The number of Topliss-reactive ketones (excluding diaryl/α,β-unsaturated/α-hetero) is 1. The molecule has 2 bridgehead atoms. The summed E-state index contributed by atoms with van der Waals surface area (Å²) in [5.41, 5.74) is 3.58. The second kappa shape index (κ2) is 10.0. The Kier molecular flexibility index (Phi) is 7.94. The Morgan fingerprint density at radius 1 is 0.970 bits per heavy atom. The molecule has 0 saturated heterocycles. The van der Waals surface area contributed by atoms with Crippen molar-refractivity contribution in [3.63, 3.8) is 0 Å². The van der Waals surface area contributed by atoms with E-state index in [1.54, 1.807) is 21.3 Å². The Morgan fingerprint density at radius 2 is 1.58 bits per heavy atom. The minimum atomic E-state index is -2.02. The van der Waals surface area contributed by atoms with Gasteiger partial charge in [0.25, 0.3) is 0 Å². The predicted octanol–water partition coefficient (Wildman–Crippen LogP) is 6.41. The lowest BCUT2D eigenvalue weighted by atomic mass is 9.58. The van der Waals surface area contributed by atoms with Gasteiger partial charge in [0.2, 0.25) is 0 Å². The molecule has 0 spiro atoms. The number of hydrogen-bond acceptors (Lipinski definition) is 5. The molecule has 0 unspecified atom stereocenters. The van der Waals surface area contributed by atoms with Crippen LogP contribution in [-0.4, -0.2) is 41.5 Å². The minimum Gasteiger partial charge on any atom is -0.496 e. The maximum atomic E-state index is 13.4. The summed E-state index contributed by atoms with van der Waals surface area (Å²) < 4.78 is 25.4. The normalized spacial score (nSPS) is 27.1. The van der Waals surface area contributed by atoms with E-state index in [1.165, 1.54) is 0 Å². The molecule has 0 fully saturated rings. The van der Waals surface area contributed by atoms with E-state index in [0.717, 1.165) is 46.2 Å². The monoisotopic (exact) mass is 474 g/mol. The standard InChI is InChI=1S/C27H42O5Si/c1-10-33(11-2,12-3)32-25-19-16-20(28)17(4)23(27(19,5)6)26(31-9)24(30-8)18-14-13-15-21(29-7)22(18)25/h13-15,19,24-26H,10-12,16H2,1-9H3/t19-,24-,25+,26-/m0/s1. The fourth-order valence-corrected chi connectivity index (χ4v) is 9.04. The lowest BCUT2D eigenvalue weighted by Gasteiger charge is -2.52. The number of hydrogen-bond donors (Lipinski definition) is 0. The van der Waals surface area contributed by atoms with Gasteiger partial charge in [0.1, 0.15) is 18.0 Å². The molecule has 2 aliphatic carbocycles. The molecule has 0 N–H and O–H groups in total. The highest BCUT2D eigenvalue weighted by molar-refractivity contribution is 6.73. The molecule has 184 valence electrons. The Labute approximate surface area is 201 Å². The first-order valence-corrected chi connectivity index (χ1v) is 14.8. The van der Waals surface area contributed by atoms with Crippen LogP contribution < -0.4 is 4.74 Å². The minimum absolute atomic E-state index is 0.0225. The van der Waals surface area contributed by atoms with Crippen LogP contribution in [0, 0.1) is 11.3 Å². The number of allylic oxidation sites excluding steroid dienone is 1. The van der Waals surface area contributed by atoms with E-state index < -0.39 is 8.32 Å². The number of methoxy groups -OCH3 is 3. The second-order valence-corrected chi connectivity index (χ2v) is 14.8. The first kappa shape index (κ1) is 26.1. The summed E-state index contributed by atoms with van der Waals surface area (Å²) >= 11 is 0. The highest BCUT2D eigenvalue weighted by atomic mass is 28.4. The molecule has 0 saturated carbocycles. The molecule has 6 heteroatoms. The molecule has 33 heavy (non-hydrogen) atoms. The van der Waals surface area contributed by atoms with Crippen molar-refractivity contribution in [1.82, 2.24) is 0 Å². The van der Waals surface area contributed by atoms with Gasteiger partial charge in [-0.15, -0.1) is 0 Å². The molecule has 0 radical (unpaired) electrons. The first-order chi connectivity index (χ1) is 15.7. The van der Waals surface area contributed by atoms with E-state index in [1.807, 2.05) is 19.1 Å². The van der Waals surface area contributed by atoms with Crippen LogP contribution in [0.4, 0.5) is 0 Å². The molecule has 2 aliphatic rings. The van der Waals surface area contributed by atoms with E-state index in [2.05, 4.69) is 40.7 Å². The van der Waals surface area contributed by atoms with Crippen LogP contribution in [-0.2, 0) is 18.7 Å². The molecule has 0 amide bonds. The molecule has 5 nitrogen and oxygen atoms in total. The first-order valence-electron chi connectivity index (χ1n) is 12.3. The van der Waals surface area contributed by atoms with Gasteiger partial charge >= 0.3 is 0 Å². The fourth-order valence-electron chi connectivity index (χ4n) is 6.22. The summed E-state index contributed by atoms with van der Waals surface area (Å²) in [6.07, 6.45) is -0.530. The zero-order chi connectivity index (χ0) is 24.6. The van der Waals surface area contributed by atoms with Crippen LogP contribution in [0.3, 0.4) is 0 Å². The van der Waals surface area contributed by atoms with E-state index in [4.69, 9.17) is 18.6 Å². The summed E-state index contributed by atoms with van der Waals surface area (Å²) in [7, 11) is 3.11. The quantitative estimate of drug-likeness (QED) is 0.408. The van der Waals surface area contributed by atoms with Gasteiger partial charge in [-0.25, -0.2) is 0 Å². The molecule has 0 aromatic heterocycles. The average molecular weight is 475 g/mol. The SMILES string of the molecule is CC[Si](CC)(CC)O[C@H]1c2c(OC)cccc2[C@H](OC)[C@@H](OC)C2=C(C)C(=O)C[C@@H]1C2(C)C. The predicted molar refractivity (Wildman–Crippen MR) is 134 cm³/mol. The second-order valence-electron chi connectivity index (χ2n) is 10.1. The van der Waals surface area contributed by atoms with Crippen molar-refractivity contribution in [3.8, 4) is 5.75 Å². The zero-order valence-corrected chi connectivity index (χ0v) is 22.9. The van der Waals surface area contributed by atoms with E-state index in [9.17, 15) is 4.79 Å². The number of ketones is 1. The summed E-state index contributed by atoms with van der Waals surface area (Å²) in [5.74, 6) is 0.944. The maximum absolute atomic E-state index is 13.4. The number of ether oxygens (including phenoxy) is 3. The molecular formula is C27H42O5Si. The number of benzene rings is 1. The average Bonchev–Trinajstić information content (AvgIpc) is 2.82. The topological polar surface area (TPSA) is 54.0 Å². The van der Waals surface area contributed by atoms with Crippen molar-refractivity contribution in [3.05, 3.63) is 40.5 Å².